The van der Waals surface area contributed by atoms with Crippen molar-refractivity contribution in [3.63, 3.8) is 0 Å². The number of aromatic hydroxyl groups is 1. The summed E-state index contributed by atoms with van der Waals surface area (Å²) < 4.78 is 29.1. The molecule has 0 radical (unpaired) electrons. The predicted molar refractivity (Wildman–Crippen MR) is 173 cm³/mol. The molecule has 0 amide bonds. The van der Waals surface area contributed by atoms with Crippen molar-refractivity contribution >= 4 is 39.1 Å². The molecule has 5 saturated heterocycles. The quantitative estimate of drug-likeness (QED) is 0.261. The van der Waals surface area contributed by atoms with Crippen LogP contribution in [0, 0.1) is 11.7 Å². The third kappa shape index (κ3) is 4.27. The average Bonchev–Trinajstić information content (AvgIpc) is 3.35. The monoisotopic (exact) mass is 629 g/mol. The van der Waals surface area contributed by atoms with E-state index in [1.807, 2.05) is 24.3 Å². The van der Waals surface area contributed by atoms with Gasteiger partial charge in [0, 0.05) is 54.6 Å². The Morgan fingerprint density at radius 2 is 2.04 bits per heavy atom. The highest BCUT2D eigenvalue weighted by Gasteiger charge is 2.72. The molecule has 4 aromatic rings. The van der Waals surface area contributed by atoms with Crippen LogP contribution in [-0.2, 0) is 4.74 Å². The van der Waals surface area contributed by atoms with Gasteiger partial charge in [0.15, 0.2) is 5.82 Å². The lowest BCUT2D eigenvalue weighted by Gasteiger charge is -2.75. The minimum Gasteiger partial charge on any atom is -0.508 e. The van der Waals surface area contributed by atoms with Crippen molar-refractivity contribution in [3.05, 3.63) is 53.3 Å². The Morgan fingerprint density at radius 1 is 1.16 bits per heavy atom. The number of likely N-dealkylation sites (tertiary alicyclic amines) is 1. The number of benzene rings is 3. The van der Waals surface area contributed by atoms with E-state index in [1.54, 1.807) is 18.2 Å². The summed E-state index contributed by atoms with van der Waals surface area (Å²) in [5.41, 5.74) is 1.06. The van der Waals surface area contributed by atoms with Crippen molar-refractivity contribution in [2.24, 2.45) is 5.92 Å². The second-order valence-electron chi connectivity index (χ2n) is 13.8. The smallest absolute Gasteiger partial charge is 0.319 e. The van der Waals surface area contributed by atoms with Crippen LogP contribution in [0.2, 0.25) is 5.02 Å². The van der Waals surface area contributed by atoms with Gasteiger partial charge in [0.25, 0.3) is 0 Å². The molecule has 10 rings (SSSR count). The maximum Gasteiger partial charge on any atom is 0.319 e. The first kappa shape index (κ1) is 28.0. The molecule has 1 aromatic heterocycles. The SMILES string of the molecule is C[C@@H](COc1nc(N2CC3CCCC2CN3)c2cc(Cl)c(-c3cc(O)cc4ccccc34)c(F)c2n1)CN1C2CCC23OCC13. The van der Waals surface area contributed by atoms with Crippen LogP contribution in [0.5, 0.6) is 11.8 Å². The topological polar surface area (TPSA) is 83.0 Å². The first-order valence-corrected chi connectivity index (χ1v) is 16.7. The fourth-order valence-electron chi connectivity index (χ4n) is 8.70. The summed E-state index contributed by atoms with van der Waals surface area (Å²) >= 11 is 6.93. The van der Waals surface area contributed by atoms with Gasteiger partial charge in [-0.15, -0.1) is 0 Å². The summed E-state index contributed by atoms with van der Waals surface area (Å²) in [6.07, 6.45) is 5.66. The van der Waals surface area contributed by atoms with Gasteiger partial charge >= 0.3 is 6.01 Å². The van der Waals surface area contributed by atoms with E-state index in [-0.39, 0.29) is 45.4 Å². The van der Waals surface area contributed by atoms with Crippen molar-refractivity contribution in [2.75, 3.05) is 37.7 Å². The van der Waals surface area contributed by atoms with Crippen molar-refractivity contribution in [1.29, 1.82) is 0 Å². The Bertz CT molecular complexity index is 1820. The number of phenols is 1. The first-order valence-electron chi connectivity index (χ1n) is 16.3. The fraction of sp³-hybridized carbons (Fsp3) is 0.486. The molecule has 234 valence electrons. The second-order valence-corrected chi connectivity index (χ2v) is 14.2. The van der Waals surface area contributed by atoms with E-state index in [9.17, 15) is 5.11 Å². The zero-order chi connectivity index (χ0) is 30.4. The summed E-state index contributed by atoms with van der Waals surface area (Å²) in [7, 11) is 0. The number of morpholine rings is 1. The number of nitrogens with zero attached hydrogens (tertiary/aromatic N) is 4. The average molecular weight is 630 g/mol. The lowest BCUT2D eigenvalue weighted by molar-refractivity contribution is -0.370. The minimum atomic E-state index is -0.542. The Hall–Kier alpha value is -3.24. The molecule has 6 atom stereocenters. The number of hydrogen-bond donors (Lipinski definition) is 2. The molecule has 6 heterocycles. The molecule has 6 fully saturated rings. The van der Waals surface area contributed by atoms with Crippen molar-refractivity contribution in [3.8, 4) is 22.9 Å². The molecule has 1 saturated carbocycles. The number of nitrogens with one attached hydrogen (secondary N) is 1. The molecule has 1 aliphatic carbocycles. The molecule has 2 bridgehead atoms. The maximum absolute atomic E-state index is 16.9. The summed E-state index contributed by atoms with van der Waals surface area (Å²) in [4.78, 5) is 14.5. The molecule has 3 aromatic carbocycles. The van der Waals surface area contributed by atoms with E-state index < -0.39 is 5.82 Å². The van der Waals surface area contributed by atoms with Gasteiger partial charge in [-0.2, -0.15) is 9.97 Å². The summed E-state index contributed by atoms with van der Waals surface area (Å²) in [6.45, 7) is 6.02. The van der Waals surface area contributed by atoms with E-state index >= 15 is 4.39 Å². The van der Waals surface area contributed by atoms with Crippen LogP contribution in [0.1, 0.15) is 39.0 Å². The van der Waals surface area contributed by atoms with Crippen LogP contribution in [0.15, 0.2) is 42.5 Å². The van der Waals surface area contributed by atoms with Crippen LogP contribution in [0.4, 0.5) is 10.2 Å². The van der Waals surface area contributed by atoms with Gasteiger partial charge in [0.1, 0.15) is 22.7 Å². The largest absolute Gasteiger partial charge is 0.508 e. The molecular weight excluding hydrogens is 593 g/mol. The van der Waals surface area contributed by atoms with Crippen molar-refractivity contribution < 1.29 is 19.0 Å². The van der Waals surface area contributed by atoms with E-state index in [4.69, 9.17) is 31.0 Å². The van der Waals surface area contributed by atoms with E-state index in [2.05, 4.69) is 22.0 Å². The number of anilines is 1. The number of piperazine rings is 1. The van der Waals surface area contributed by atoms with Gasteiger partial charge < -0.3 is 24.8 Å². The highest BCUT2D eigenvalue weighted by Crippen LogP contribution is 2.58. The highest BCUT2D eigenvalue weighted by molar-refractivity contribution is 6.35. The van der Waals surface area contributed by atoms with Crippen LogP contribution < -0.4 is 15.0 Å². The van der Waals surface area contributed by atoms with Crippen LogP contribution in [-0.4, -0.2) is 82.6 Å². The van der Waals surface area contributed by atoms with Gasteiger partial charge in [0.2, 0.25) is 0 Å². The molecular formula is C35H37ClFN5O3. The lowest BCUT2D eigenvalue weighted by Crippen LogP contribution is -2.89. The number of fused-ring (bicyclic) bond motifs is 6. The normalized spacial score (nSPS) is 29.4. The van der Waals surface area contributed by atoms with Gasteiger partial charge in [-0.05, 0) is 66.6 Å². The Kier molecular flexibility index (Phi) is 6.47. The zero-order valence-corrected chi connectivity index (χ0v) is 26.1. The molecule has 2 N–H and O–H groups in total. The minimum absolute atomic E-state index is 0.0450. The van der Waals surface area contributed by atoms with E-state index in [1.165, 1.54) is 12.8 Å². The molecule has 45 heavy (non-hydrogen) atoms. The number of halogens is 2. The predicted octanol–water partition coefficient (Wildman–Crippen LogP) is 5.91. The second kappa shape index (κ2) is 10.4. The molecule has 5 aliphatic heterocycles. The van der Waals surface area contributed by atoms with E-state index in [0.717, 1.165) is 56.3 Å². The molecule has 8 nitrogen and oxygen atoms in total. The summed E-state index contributed by atoms with van der Waals surface area (Å²) in [5.74, 6) is 0.417. The van der Waals surface area contributed by atoms with Crippen molar-refractivity contribution in [1.82, 2.24) is 20.2 Å². The van der Waals surface area contributed by atoms with Gasteiger partial charge in [0.05, 0.1) is 24.3 Å². The maximum atomic E-state index is 16.9. The number of rotatable bonds is 7. The summed E-state index contributed by atoms with van der Waals surface area (Å²) in [5, 5.41) is 16.6. The van der Waals surface area contributed by atoms with Crippen LogP contribution in [0.25, 0.3) is 32.8 Å². The number of aromatic nitrogens is 2. The third-order valence-corrected chi connectivity index (χ3v) is 11.4. The Morgan fingerprint density at radius 3 is 2.84 bits per heavy atom. The van der Waals surface area contributed by atoms with Gasteiger partial charge in [-0.1, -0.05) is 42.8 Å². The van der Waals surface area contributed by atoms with Gasteiger partial charge in [-0.3, -0.25) is 4.90 Å². The van der Waals surface area contributed by atoms with Gasteiger partial charge in [-0.25, -0.2) is 4.39 Å². The zero-order valence-electron chi connectivity index (χ0n) is 25.3. The lowest BCUT2D eigenvalue weighted by atomic mass is 9.58. The molecule has 5 unspecified atom stereocenters. The van der Waals surface area contributed by atoms with E-state index in [0.29, 0.717) is 41.5 Å². The Balaban J connectivity index is 1.11. The number of hydrogen-bond acceptors (Lipinski definition) is 8. The number of piperidine rings is 1. The third-order valence-electron chi connectivity index (χ3n) is 11.1. The summed E-state index contributed by atoms with van der Waals surface area (Å²) in [6, 6.07) is 14.5. The van der Waals surface area contributed by atoms with Crippen LogP contribution in [0.3, 0.4) is 0 Å². The molecule has 1 spiro atoms. The first-order chi connectivity index (χ1) is 21.9. The van der Waals surface area contributed by atoms with Crippen LogP contribution >= 0.6 is 11.6 Å². The number of ether oxygens (including phenoxy) is 2. The number of phenolic OH excluding ortho intramolecular Hbond substituents is 1. The standard InChI is InChI=1S/C35H37ClFN5O3/c1-19(15-42-28-9-10-35(28)29(42)18-45-35)17-44-34-39-32-26(33(40-34)41-16-21-6-4-7-22(41)14-38-21)13-27(36)30(31(32)37)25-12-23(43)11-20-5-2-3-8-24(20)25/h2-3,5,8,11-13,19,21-22,28-29,38,43H,4,6-7,9-10,14-18H2,1H3/t19-,21?,22?,28?,29?,35?/m1/s1. The highest BCUT2D eigenvalue weighted by atomic mass is 35.5. The Labute approximate surface area is 266 Å². The van der Waals surface area contributed by atoms with Crippen molar-refractivity contribution in [2.45, 2.75) is 68.8 Å². The fourth-order valence-corrected chi connectivity index (χ4v) is 8.99. The molecule has 10 heteroatoms. The molecule has 6 aliphatic rings.